The Labute approximate surface area is 153 Å². The quantitative estimate of drug-likeness (QED) is 0.541. The van der Waals surface area contributed by atoms with E-state index in [9.17, 15) is 19.3 Å². The summed E-state index contributed by atoms with van der Waals surface area (Å²) in [5.41, 5.74) is -0.387. The van der Waals surface area contributed by atoms with Gasteiger partial charge >= 0.3 is 5.69 Å². The predicted molar refractivity (Wildman–Crippen MR) is 92.6 cm³/mol. The Kier molecular flexibility index (Phi) is 6.47. The highest BCUT2D eigenvalue weighted by Gasteiger charge is 2.21. The summed E-state index contributed by atoms with van der Waals surface area (Å²) in [5, 5.41) is 19.9. The first kappa shape index (κ1) is 19.1. The van der Waals surface area contributed by atoms with Gasteiger partial charge < -0.3 is 9.64 Å². The number of nitro groups is 1. The predicted octanol–water partition coefficient (Wildman–Crippen LogP) is 3.71. The van der Waals surface area contributed by atoms with Gasteiger partial charge in [-0.3, -0.25) is 14.9 Å². The van der Waals surface area contributed by atoms with Crippen LogP contribution < -0.4 is 9.64 Å². The molecule has 0 saturated heterocycles. The first-order chi connectivity index (χ1) is 12.4. The number of hydrogen-bond acceptors (Lipinski definition) is 5. The minimum Gasteiger partial charge on any atom is -0.477 e. The first-order valence-corrected chi connectivity index (χ1v) is 7.80. The molecule has 0 radical (unpaired) electrons. The molecule has 2 aromatic rings. The monoisotopic (exact) mass is 377 g/mol. The number of carbonyl (C=O) groups is 1. The van der Waals surface area contributed by atoms with Crippen molar-refractivity contribution < 1.29 is 18.8 Å². The summed E-state index contributed by atoms with van der Waals surface area (Å²) in [5.74, 6) is -1.41. The van der Waals surface area contributed by atoms with Crippen LogP contribution in [0.25, 0.3) is 0 Å². The second-order valence-corrected chi connectivity index (χ2v) is 5.50. The lowest BCUT2D eigenvalue weighted by atomic mass is 10.2. The van der Waals surface area contributed by atoms with Crippen molar-refractivity contribution in [2.75, 3.05) is 18.1 Å². The third-order valence-corrected chi connectivity index (χ3v) is 3.60. The fraction of sp³-hybridized carbons (Fsp3) is 0.176. The normalized spacial score (nSPS) is 10.0. The van der Waals surface area contributed by atoms with Crippen molar-refractivity contribution in [3.05, 3.63) is 63.4 Å². The van der Waals surface area contributed by atoms with Crippen molar-refractivity contribution in [1.29, 1.82) is 5.26 Å². The number of rotatable bonds is 7. The highest BCUT2D eigenvalue weighted by atomic mass is 35.5. The van der Waals surface area contributed by atoms with Gasteiger partial charge in [0.2, 0.25) is 0 Å². The van der Waals surface area contributed by atoms with E-state index in [1.54, 1.807) is 6.07 Å². The summed E-state index contributed by atoms with van der Waals surface area (Å²) in [4.78, 5) is 23.9. The smallest absolute Gasteiger partial charge is 0.312 e. The standard InChI is InChI=1S/C17H13ClFN3O4/c18-12-6-7-16(15(10-12)22(24)25)26-11-17(23)21(9-3-8-20)14-5-2-1-4-13(14)19/h1-2,4-7,10H,3,9,11H2. The maximum atomic E-state index is 14.0. The van der Waals surface area contributed by atoms with Crippen LogP contribution in [0.1, 0.15) is 6.42 Å². The van der Waals surface area contributed by atoms with Gasteiger partial charge in [0, 0.05) is 17.6 Å². The molecule has 0 aromatic heterocycles. The molecule has 0 N–H and O–H groups in total. The van der Waals surface area contributed by atoms with E-state index in [1.807, 2.05) is 6.07 Å². The molecular formula is C17H13ClFN3O4. The van der Waals surface area contributed by atoms with Crippen LogP contribution in [0.2, 0.25) is 5.02 Å². The number of benzene rings is 2. The molecule has 26 heavy (non-hydrogen) atoms. The molecule has 0 fully saturated rings. The van der Waals surface area contributed by atoms with E-state index in [0.717, 1.165) is 11.0 Å². The summed E-state index contributed by atoms with van der Waals surface area (Å²) in [6, 6.07) is 11.3. The van der Waals surface area contributed by atoms with E-state index < -0.39 is 23.3 Å². The lowest BCUT2D eigenvalue weighted by molar-refractivity contribution is -0.385. The van der Waals surface area contributed by atoms with E-state index in [-0.39, 0.29) is 35.1 Å². The van der Waals surface area contributed by atoms with Gasteiger partial charge in [0.15, 0.2) is 12.4 Å². The summed E-state index contributed by atoms with van der Waals surface area (Å²) in [6.07, 6.45) is -0.0127. The molecule has 134 valence electrons. The summed E-state index contributed by atoms with van der Waals surface area (Å²) < 4.78 is 19.2. The largest absolute Gasteiger partial charge is 0.477 e. The third-order valence-electron chi connectivity index (χ3n) is 3.36. The Morgan fingerprint density at radius 1 is 1.35 bits per heavy atom. The van der Waals surface area contributed by atoms with Crippen molar-refractivity contribution >= 4 is 28.9 Å². The highest BCUT2D eigenvalue weighted by Crippen LogP contribution is 2.30. The minimum absolute atomic E-state index is 0.00181. The number of amides is 1. The highest BCUT2D eigenvalue weighted by molar-refractivity contribution is 6.30. The molecule has 0 atom stereocenters. The number of anilines is 1. The molecule has 1 amide bonds. The molecule has 2 aromatic carbocycles. The fourth-order valence-corrected chi connectivity index (χ4v) is 2.35. The molecule has 0 aliphatic rings. The average Bonchev–Trinajstić information content (AvgIpc) is 2.62. The van der Waals surface area contributed by atoms with E-state index >= 15 is 0 Å². The number of nitro benzene ring substituents is 1. The van der Waals surface area contributed by atoms with Crippen LogP contribution in [0, 0.1) is 27.3 Å². The zero-order valence-corrected chi connectivity index (χ0v) is 14.1. The molecule has 0 heterocycles. The molecular weight excluding hydrogens is 365 g/mol. The Morgan fingerprint density at radius 2 is 2.08 bits per heavy atom. The number of nitrogens with zero attached hydrogens (tertiary/aromatic N) is 3. The zero-order chi connectivity index (χ0) is 19.1. The number of ether oxygens (including phenoxy) is 1. The van der Waals surface area contributed by atoms with Crippen molar-refractivity contribution in [2.24, 2.45) is 0 Å². The summed E-state index contributed by atoms with van der Waals surface area (Å²) in [7, 11) is 0. The maximum Gasteiger partial charge on any atom is 0.312 e. The lowest BCUT2D eigenvalue weighted by Gasteiger charge is -2.22. The molecule has 9 heteroatoms. The molecule has 0 bridgehead atoms. The zero-order valence-electron chi connectivity index (χ0n) is 13.4. The van der Waals surface area contributed by atoms with Crippen LogP contribution in [0.5, 0.6) is 5.75 Å². The van der Waals surface area contributed by atoms with Gasteiger partial charge in [-0.2, -0.15) is 5.26 Å². The second-order valence-electron chi connectivity index (χ2n) is 5.06. The molecule has 2 rings (SSSR count). The average molecular weight is 378 g/mol. The van der Waals surface area contributed by atoms with Crippen LogP contribution in [0.3, 0.4) is 0 Å². The Balaban J connectivity index is 2.19. The molecule has 0 unspecified atom stereocenters. The number of hydrogen-bond donors (Lipinski definition) is 0. The van der Waals surface area contributed by atoms with Gasteiger partial charge in [0.25, 0.3) is 5.91 Å². The maximum absolute atomic E-state index is 14.0. The van der Waals surface area contributed by atoms with E-state index in [4.69, 9.17) is 21.6 Å². The SMILES string of the molecule is N#CCCN(C(=O)COc1ccc(Cl)cc1[N+](=O)[O-])c1ccccc1F. The minimum atomic E-state index is -0.685. The van der Waals surface area contributed by atoms with E-state index in [1.165, 1.54) is 30.3 Å². The van der Waals surface area contributed by atoms with E-state index in [0.29, 0.717) is 0 Å². The van der Waals surface area contributed by atoms with Crippen LogP contribution in [-0.4, -0.2) is 24.0 Å². The summed E-state index contributed by atoms with van der Waals surface area (Å²) in [6.45, 7) is -0.607. The fourth-order valence-electron chi connectivity index (χ4n) is 2.18. The van der Waals surface area contributed by atoms with Crippen molar-refractivity contribution in [3.8, 4) is 11.8 Å². The van der Waals surface area contributed by atoms with Crippen molar-refractivity contribution in [2.45, 2.75) is 6.42 Å². The first-order valence-electron chi connectivity index (χ1n) is 7.42. The second kappa shape index (κ2) is 8.78. The third kappa shape index (κ3) is 4.68. The lowest BCUT2D eigenvalue weighted by Crippen LogP contribution is -2.36. The van der Waals surface area contributed by atoms with Gasteiger partial charge in [0.1, 0.15) is 5.82 Å². The summed E-state index contributed by atoms with van der Waals surface area (Å²) >= 11 is 5.72. The van der Waals surface area contributed by atoms with Crippen LogP contribution >= 0.6 is 11.6 Å². The molecule has 0 aliphatic carbocycles. The topological polar surface area (TPSA) is 96.5 Å². The van der Waals surface area contributed by atoms with Crippen LogP contribution in [-0.2, 0) is 4.79 Å². The number of para-hydroxylation sites is 1. The van der Waals surface area contributed by atoms with Crippen molar-refractivity contribution in [1.82, 2.24) is 0 Å². The molecule has 0 aliphatic heterocycles. The molecule has 0 saturated carbocycles. The Hall–Kier alpha value is -3.18. The van der Waals surface area contributed by atoms with Gasteiger partial charge in [-0.15, -0.1) is 0 Å². The van der Waals surface area contributed by atoms with Gasteiger partial charge in [-0.25, -0.2) is 4.39 Å². The number of halogens is 2. The Morgan fingerprint density at radius 3 is 2.73 bits per heavy atom. The van der Waals surface area contributed by atoms with Crippen LogP contribution in [0.4, 0.5) is 15.8 Å². The van der Waals surface area contributed by atoms with Gasteiger partial charge in [0.05, 0.1) is 23.1 Å². The number of carbonyl (C=O) groups excluding carboxylic acids is 1. The molecule has 0 spiro atoms. The van der Waals surface area contributed by atoms with Gasteiger partial charge in [-0.05, 0) is 24.3 Å². The number of nitriles is 1. The van der Waals surface area contributed by atoms with Crippen molar-refractivity contribution in [3.63, 3.8) is 0 Å². The van der Waals surface area contributed by atoms with Crippen LogP contribution in [0.15, 0.2) is 42.5 Å². The van der Waals surface area contributed by atoms with Gasteiger partial charge in [-0.1, -0.05) is 23.7 Å². The van der Waals surface area contributed by atoms with E-state index in [2.05, 4.69) is 0 Å². The Bertz CT molecular complexity index is 869. The molecule has 7 nitrogen and oxygen atoms in total.